The molecule has 3 aliphatic heterocycles. The summed E-state index contributed by atoms with van der Waals surface area (Å²) in [6, 6.07) is 4.75. The maximum absolute atomic E-state index is 12.7. The number of quaternary nitrogens is 1. The molecule has 28 heavy (non-hydrogen) atoms. The second kappa shape index (κ2) is 7.81. The highest BCUT2D eigenvalue weighted by molar-refractivity contribution is 6.08. The lowest BCUT2D eigenvalue weighted by Gasteiger charge is -2.28. The normalized spacial score (nSPS) is 22.2. The topological polar surface area (TPSA) is 89.7 Å². The number of nitrogens with zero attached hydrogens (tertiary/aromatic N) is 1. The Morgan fingerprint density at radius 1 is 1.25 bits per heavy atom. The Morgan fingerprint density at radius 2 is 2.00 bits per heavy atom. The number of Topliss-reactive ketones (excluding diaryl/α,β-unsaturated/α-hetero) is 1. The molecule has 8 nitrogen and oxygen atoms in total. The Kier molecular flexibility index (Phi) is 5.23. The molecule has 1 aromatic carbocycles. The minimum Gasteiger partial charge on any atom is -0.503 e. The minimum atomic E-state index is -0.612. The number of aliphatic hydroxyl groups is 1. The van der Waals surface area contributed by atoms with Crippen molar-refractivity contribution in [2.75, 3.05) is 46.2 Å². The van der Waals surface area contributed by atoms with Crippen LogP contribution in [0.15, 0.2) is 29.5 Å². The van der Waals surface area contributed by atoms with Crippen molar-refractivity contribution < 1.29 is 33.8 Å². The number of morpholine rings is 1. The molecular formula is C20H25N2O6+. The predicted molar refractivity (Wildman–Crippen MR) is 98.4 cm³/mol. The molecule has 1 fully saturated rings. The fourth-order valence-corrected chi connectivity index (χ4v) is 4.08. The lowest BCUT2D eigenvalue weighted by Crippen LogP contribution is -3.14. The first-order valence-electron chi connectivity index (χ1n) is 9.62. The van der Waals surface area contributed by atoms with Crippen molar-refractivity contribution in [3.05, 3.63) is 35.1 Å². The van der Waals surface area contributed by atoms with Gasteiger partial charge < -0.3 is 29.1 Å². The van der Waals surface area contributed by atoms with Crippen molar-refractivity contribution in [1.29, 1.82) is 0 Å². The molecule has 3 heterocycles. The zero-order valence-corrected chi connectivity index (χ0v) is 15.9. The number of aliphatic hydroxyl groups excluding tert-OH is 1. The summed E-state index contributed by atoms with van der Waals surface area (Å²) in [5.41, 5.74) is 0.869. The van der Waals surface area contributed by atoms with E-state index in [1.54, 1.807) is 17.0 Å². The molecule has 0 aromatic heterocycles. The first-order chi connectivity index (χ1) is 13.6. The molecule has 0 saturated carbocycles. The van der Waals surface area contributed by atoms with Crippen molar-refractivity contribution in [2.45, 2.75) is 19.4 Å². The average molecular weight is 389 g/mol. The van der Waals surface area contributed by atoms with E-state index in [4.69, 9.17) is 14.2 Å². The van der Waals surface area contributed by atoms with Gasteiger partial charge in [-0.3, -0.25) is 9.59 Å². The van der Waals surface area contributed by atoms with Crippen LogP contribution in [0.2, 0.25) is 0 Å². The Bertz CT molecular complexity index is 815. The van der Waals surface area contributed by atoms with Crippen molar-refractivity contribution in [3.63, 3.8) is 0 Å². The molecule has 4 rings (SSSR count). The van der Waals surface area contributed by atoms with Crippen LogP contribution in [0.25, 0.3) is 0 Å². The molecule has 0 radical (unpaired) electrons. The van der Waals surface area contributed by atoms with Crippen LogP contribution in [0.5, 0.6) is 11.5 Å². The number of rotatable bonds is 6. The van der Waals surface area contributed by atoms with Gasteiger partial charge in [0, 0.05) is 13.0 Å². The van der Waals surface area contributed by atoms with E-state index in [-0.39, 0.29) is 18.1 Å². The van der Waals surface area contributed by atoms with Gasteiger partial charge in [-0.15, -0.1) is 0 Å². The van der Waals surface area contributed by atoms with Gasteiger partial charge in [0.05, 0.1) is 31.4 Å². The number of hydrogen-bond acceptors (Lipinski definition) is 6. The molecule has 1 amide bonds. The van der Waals surface area contributed by atoms with Gasteiger partial charge in [-0.25, -0.2) is 0 Å². The summed E-state index contributed by atoms with van der Waals surface area (Å²) in [6.07, 6.45) is 0.778. The fourth-order valence-electron chi connectivity index (χ4n) is 4.08. The molecule has 8 heteroatoms. The first kappa shape index (κ1) is 18.8. The van der Waals surface area contributed by atoms with Gasteiger partial charge >= 0.3 is 0 Å². The van der Waals surface area contributed by atoms with Crippen molar-refractivity contribution in [1.82, 2.24) is 4.90 Å². The average Bonchev–Trinajstić information content (AvgIpc) is 3.26. The van der Waals surface area contributed by atoms with Gasteiger partial charge in [0.1, 0.15) is 13.1 Å². The second-order valence-corrected chi connectivity index (χ2v) is 7.30. The van der Waals surface area contributed by atoms with E-state index in [1.807, 2.05) is 6.07 Å². The van der Waals surface area contributed by atoms with E-state index < -0.39 is 17.7 Å². The molecular weight excluding hydrogens is 364 g/mol. The van der Waals surface area contributed by atoms with Crippen molar-refractivity contribution >= 4 is 11.7 Å². The summed E-state index contributed by atoms with van der Waals surface area (Å²) in [4.78, 5) is 28.0. The number of nitrogens with one attached hydrogen (secondary N) is 1. The third-order valence-electron chi connectivity index (χ3n) is 5.52. The third-order valence-corrected chi connectivity index (χ3v) is 5.52. The van der Waals surface area contributed by atoms with Gasteiger partial charge in [-0.05, 0) is 24.6 Å². The molecule has 1 saturated heterocycles. The summed E-state index contributed by atoms with van der Waals surface area (Å²) < 4.78 is 16.2. The summed E-state index contributed by atoms with van der Waals surface area (Å²) in [5, 5.41) is 10.4. The lowest BCUT2D eigenvalue weighted by atomic mass is 9.96. The van der Waals surface area contributed by atoms with Crippen LogP contribution in [-0.4, -0.2) is 67.9 Å². The van der Waals surface area contributed by atoms with Crippen LogP contribution in [0.4, 0.5) is 0 Å². The summed E-state index contributed by atoms with van der Waals surface area (Å²) in [7, 11) is 0. The Hall–Kier alpha value is -2.58. The predicted octanol–water partition coefficient (Wildman–Crippen LogP) is 0.00490. The van der Waals surface area contributed by atoms with Crippen LogP contribution in [-0.2, 0) is 14.3 Å². The molecule has 1 atom stereocenters. The molecule has 0 spiro atoms. The SMILES string of the molecule is CC(=O)C1=C(O)C(=O)N(CCC[NH+]2CCOCC2)[C@@H]1c1ccc2c(c1)OCO2. The number of amides is 1. The largest absolute Gasteiger partial charge is 0.503 e. The highest BCUT2D eigenvalue weighted by atomic mass is 16.7. The van der Waals surface area contributed by atoms with E-state index in [0.29, 0.717) is 18.0 Å². The molecule has 0 unspecified atom stereocenters. The number of fused-ring (bicyclic) bond motifs is 1. The molecule has 3 aliphatic rings. The van der Waals surface area contributed by atoms with Gasteiger partial charge in [0.15, 0.2) is 23.0 Å². The van der Waals surface area contributed by atoms with Crippen LogP contribution in [0.1, 0.15) is 24.9 Å². The maximum Gasteiger partial charge on any atom is 0.290 e. The molecule has 0 aliphatic carbocycles. The zero-order valence-electron chi connectivity index (χ0n) is 15.9. The van der Waals surface area contributed by atoms with Gasteiger partial charge in [0.2, 0.25) is 6.79 Å². The third kappa shape index (κ3) is 3.45. The van der Waals surface area contributed by atoms with E-state index >= 15 is 0 Å². The number of carbonyl (C=O) groups is 2. The summed E-state index contributed by atoms with van der Waals surface area (Å²) in [5.74, 6) is -0.0429. The van der Waals surface area contributed by atoms with Crippen LogP contribution in [0, 0.1) is 0 Å². The van der Waals surface area contributed by atoms with E-state index in [9.17, 15) is 14.7 Å². The Balaban J connectivity index is 1.55. The van der Waals surface area contributed by atoms with Crippen molar-refractivity contribution in [3.8, 4) is 11.5 Å². The Morgan fingerprint density at radius 3 is 2.75 bits per heavy atom. The van der Waals surface area contributed by atoms with Crippen LogP contribution < -0.4 is 14.4 Å². The highest BCUT2D eigenvalue weighted by Crippen LogP contribution is 2.41. The Labute approximate surface area is 163 Å². The molecule has 0 bridgehead atoms. The molecule has 150 valence electrons. The second-order valence-electron chi connectivity index (χ2n) is 7.30. The van der Waals surface area contributed by atoms with Gasteiger partial charge in [-0.1, -0.05) is 6.07 Å². The number of carbonyl (C=O) groups excluding carboxylic acids is 2. The molecule has 2 N–H and O–H groups in total. The first-order valence-corrected chi connectivity index (χ1v) is 9.62. The summed E-state index contributed by atoms with van der Waals surface area (Å²) in [6.45, 7) is 6.34. The van der Waals surface area contributed by atoms with E-state index in [1.165, 1.54) is 11.8 Å². The van der Waals surface area contributed by atoms with Gasteiger partial charge in [-0.2, -0.15) is 0 Å². The number of ether oxygens (including phenoxy) is 3. The monoisotopic (exact) mass is 389 g/mol. The minimum absolute atomic E-state index is 0.141. The lowest BCUT2D eigenvalue weighted by molar-refractivity contribution is -0.908. The fraction of sp³-hybridized carbons (Fsp3) is 0.500. The standard InChI is InChI=1S/C20H24N2O6/c1-13(23)17-18(14-3-4-15-16(11-14)28-12-27-15)22(20(25)19(17)24)6-2-5-21-7-9-26-10-8-21/h3-4,11,18,24H,2,5-10,12H2,1H3/p+1/t18-/m1/s1. The van der Waals surface area contributed by atoms with E-state index in [0.717, 1.165) is 44.8 Å². The highest BCUT2D eigenvalue weighted by Gasteiger charge is 2.42. The van der Waals surface area contributed by atoms with Gasteiger partial charge in [0.25, 0.3) is 5.91 Å². The van der Waals surface area contributed by atoms with Crippen molar-refractivity contribution in [2.24, 2.45) is 0 Å². The summed E-state index contributed by atoms with van der Waals surface area (Å²) >= 11 is 0. The van der Waals surface area contributed by atoms with Crippen LogP contribution in [0.3, 0.4) is 0 Å². The quantitative estimate of drug-likeness (QED) is 0.712. The van der Waals surface area contributed by atoms with E-state index in [2.05, 4.69) is 0 Å². The number of ketones is 1. The number of benzene rings is 1. The zero-order chi connectivity index (χ0) is 19.7. The maximum atomic E-state index is 12.7. The smallest absolute Gasteiger partial charge is 0.290 e. The number of hydrogen-bond donors (Lipinski definition) is 2. The van der Waals surface area contributed by atoms with Crippen LogP contribution >= 0.6 is 0 Å². The molecule has 1 aromatic rings.